The van der Waals surface area contributed by atoms with Crippen molar-refractivity contribution in [3.8, 4) is 0 Å². The van der Waals surface area contributed by atoms with E-state index in [0.717, 1.165) is 28.4 Å². The fourth-order valence-electron chi connectivity index (χ4n) is 3.59. The lowest BCUT2D eigenvalue weighted by Gasteiger charge is -2.17. The molecule has 1 aliphatic rings. The molecule has 30 heavy (non-hydrogen) atoms. The summed E-state index contributed by atoms with van der Waals surface area (Å²) in [5, 5.41) is 3.73. The van der Waals surface area contributed by atoms with Gasteiger partial charge in [0.15, 0.2) is 0 Å². The molecule has 1 aromatic carbocycles. The summed E-state index contributed by atoms with van der Waals surface area (Å²) in [7, 11) is -3.67. The largest absolute Gasteiger partial charge is 0.459 e. The average Bonchev–Trinajstić information content (AvgIpc) is 3.39. The molecule has 0 radical (unpaired) electrons. The predicted molar refractivity (Wildman–Crippen MR) is 111 cm³/mol. The Hall–Kier alpha value is -2.91. The first kappa shape index (κ1) is 20.4. The molecule has 2 aromatic heterocycles. The summed E-state index contributed by atoms with van der Waals surface area (Å²) < 4.78 is 33.7. The lowest BCUT2D eigenvalue weighted by Crippen LogP contribution is -2.34. The lowest BCUT2D eigenvalue weighted by atomic mass is 10.2. The van der Waals surface area contributed by atoms with E-state index in [4.69, 9.17) is 4.42 Å². The molecule has 0 unspecified atom stereocenters. The van der Waals surface area contributed by atoms with Crippen LogP contribution in [0.5, 0.6) is 0 Å². The van der Waals surface area contributed by atoms with Crippen molar-refractivity contribution >= 4 is 26.9 Å². The van der Waals surface area contributed by atoms with Crippen LogP contribution in [-0.2, 0) is 21.4 Å². The van der Waals surface area contributed by atoms with Crippen molar-refractivity contribution in [2.45, 2.75) is 37.2 Å². The fourth-order valence-corrected chi connectivity index (χ4v) is 5.13. The molecular weight excluding hydrogens is 406 g/mol. The maximum atomic E-state index is 12.7. The zero-order valence-corrected chi connectivity index (χ0v) is 17.4. The summed E-state index contributed by atoms with van der Waals surface area (Å²) >= 11 is 0. The van der Waals surface area contributed by atoms with Crippen molar-refractivity contribution < 1.29 is 17.6 Å². The Morgan fingerprint density at radius 2 is 1.90 bits per heavy atom. The van der Waals surface area contributed by atoms with Gasteiger partial charge in [-0.2, -0.15) is 4.31 Å². The van der Waals surface area contributed by atoms with Crippen LogP contribution in [0.1, 0.15) is 31.6 Å². The smallest absolute Gasteiger partial charge is 0.251 e. The molecule has 8 nitrogen and oxygen atoms in total. The number of carbonyl (C=O) groups excluding carboxylic acids is 1. The highest BCUT2D eigenvalue weighted by molar-refractivity contribution is 7.89. The van der Waals surface area contributed by atoms with Crippen LogP contribution in [0.25, 0.3) is 11.0 Å². The third-order valence-electron chi connectivity index (χ3n) is 5.22. The molecule has 0 saturated carbocycles. The number of benzene rings is 1. The number of hydrogen-bond acceptors (Lipinski definition) is 5. The Morgan fingerprint density at radius 3 is 2.63 bits per heavy atom. The van der Waals surface area contributed by atoms with E-state index in [1.54, 1.807) is 6.92 Å². The van der Waals surface area contributed by atoms with Gasteiger partial charge in [-0.3, -0.25) is 9.59 Å². The monoisotopic (exact) mass is 429 g/mol. The predicted octanol–water partition coefficient (Wildman–Crippen LogP) is 2.26. The average molecular weight is 429 g/mol. The van der Waals surface area contributed by atoms with Crippen molar-refractivity contribution in [1.29, 1.82) is 0 Å². The highest BCUT2D eigenvalue weighted by Gasteiger charge is 2.27. The first-order valence-electron chi connectivity index (χ1n) is 9.83. The van der Waals surface area contributed by atoms with Crippen LogP contribution in [0.2, 0.25) is 0 Å². The lowest BCUT2D eigenvalue weighted by molar-refractivity contribution is -0.122. The van der Waals surface area contributed by atoms with Crippen LogP contribution in [0.15, 0.2) is 62.8 Å². The summed E-state index contributed by atoms with van der Waals surface area (Å²) in [6.07, 6.45) is 2.88. The highest BCUT2D eigenvalue weighted by Crippen LogP contribution is 2.23. The number of carbonyl (C=O) groups is 1. The molecular formula is C21H23N3O5S. The molecule has 1 amide bonds. The molecule has 0 spiro atoms. The number of aromatic nitrogens is 1. The number of rotatable bonds is 6. The minimum atomic E-state index is -3.67. The zero-order chi connectivity index (χ0) is 21.3. The minimum absolute atomic E-state index is 0.0159. The van der Waals surface area contributed by atoms with Gasteiger partial charge in [0.2, 0.25) is 15.9 Å². The maximum Gasteiger partial charge on any atom is 0.251 e. The quantitative estimate of drug-likeness (QED) is 0.648. The van der Waals surface area contributed by atoms with Crippen molar-refractivity contribution in [2.24, 2.45) is 0 Å². The van der Waals surface area contributed by atoms with E-state index in [1.165, 1.54) is 22.6 Å². The summed E-state index contributed by atoms with van der Waals surface area (Å²) in [4.78, 5) is 24.7. The van der Waals surface area contributed by atoms with Gasteiger partial charge < -0.3 is 14.3 Å². The van der Waals surface area contributed by atoms with E-state index in [1.807, 2.05) is 30.3 Å². The number of hydrogen-bond donors (Lipinski definition) is 1. The van der Waals surface area contributed by atoms with E-state index in [0.29, 0.717) is 18.8 Å². The molecule has 158 valence electrons. The molecule has 1 atom stereocenters. The van der Waals surface area contributed by atoms with E-state index in [-0.39, 0.29) is 11.4 Å². The normalized spacial score (nSPS) is 16.0. The molecule has 4 rings (SSSR count). The van der Waals surface area contributed by atoms with Crippen LogP contribution >= 0.6 is 0 Å². The van der Waals surface area contributed by atoms with Gasteiger partial charge in [0.25, 0.3) is 5.56 Å². The van der Waals surface area contributed by atoms with Gasteiger partial charge in [-0.25, -0.2) is 8.42 Å². The number of pyridine rings is 1. The van der Waals surface area contributed by atoms with Crippen molar-refractivity contribution in [3.63, 3.8) is 0 Å². The molecule has 1 saturated heterocycles. The van der Waals surface area contributed by atoms with Gasteiger partial charge in [-0.05, 0) is 38.0 Å². The van der Waals surface area contributed by atoms with Crippen LogP contribution in [0.3, 0.4) is 0 Å². The van der Waals surface area contributed by atoms with Crippen LogP contribution in [0.4, 0.5) is 0 Å². The Morgan fingerprint density at radius 1 is 1.17 bits per heavy atom. The maximum absolute atomic E-state index is 12.7. The third kappa shape index (κ3) is 4.03. The third-order valence-corrected chi connectivity index (χ3v) is 7.10. The second-order valence-corrected chi connectivity index (χ2v) is 9.36. The molecule has 1 N–H and O–H groups in total. The molecule has 3 heterocycles. The van der Waals surface area contributed by atoms with Crippen LogP contribution in [-0.4, -0.2) is 36.3 Å². The number of nitrogens with one attached hydrogen (secondary N) is 1. The number of para-hydroxylation sites is 1. The Bertz CT molecular complexity index is 1210. The second kappa shape index (κ2) is 8.08. The van der Waals surface area contributed by atoms with Crippen LogP contribution < -0.4 is 10.9 Å². The number of nitrogens with zero attached hydrogens (tertiary/aromatic N) is 2. The Balaban J connectivity index is 1.49. The Labute approximate surface area is 174 Å². The van der Waals surface area contributed by atoms with Gasteiger partial charge in [0.05, 0.1) is 10.9 Å². The van der Waals surface area contributed by atoms with Gasteiger partial charge in [-0.1, -0.05) is 18.2 Å². The number of furan rings is 1. The summed E-state index contributed by atoms with van der Waals surface area (Å²) in [5.74, 6) is 0.183. The van der Waals surface area contributed by atoms with Gasteiger partial charge in [0, 0.05) is 30.7 Å². The second-order valence-electron chi connectivity index (χ2n) is 7.42. The molecule has 3 aromatic rings. The van der Waals surface area contributed by atoms with E-state index >= 15 is 0 Å². The SMILES string of the molecule is C[C@@H](NC(=O)Cn1cc(S(=O)(=O)N2CCCC2)ccc1=O)c1cc2ccccc2o1. The minimum Gasteiger partial charge on any atom is -0.459 e. The number of fused-ring (bicyclic) bond motifs is 1. The van der Waals surface area contributed by atoms with Gasteiger partial charge in [0.1, 0.15) is 17.9 Å². The number of sulfonamides is 1. The van der Waals surface area contributed by atoms with Crippen LogP contribution in [0, 0.1) is 0 Å². The summed E-state index contributed by atoms with van der Waals surface area (Å²) in [5.41, 5.74) is 0.284. The van der Waals surface area contributed by atoms with Crippen molar-refractivity contribution in [1.82, 2.24) is 14.2 Å². The van der Waals surface area contributed by atoms with E-state index in [9.17, 15) is 18.0 Å². The van der Waals surface area contributed by atoms with E-state index < -0.39 is 27.5 Å². The first-order chi connectivity index (χ1) is 14.3. The first-order valence-corrected chi connectivity index (χ1v) is 11.3. The van der Waals surface area contributed by atoms with Crippen molar-refractivity contribution in [2.75, 3.05) is 13.1 Å². The topological polar surface area (TPSA) is 102 Å². The summed E-state index contributed by atoms with van der Waals surface area (Å²) in [6, 6.07) is 11.5. The highest BCUT2D eigenvalue weighted by atomic mass is 32.2. The van der Waals surface area contributed by atoms with Gasteiger partial charge >= 0.3 is 0 Å². The van der Waals surface area contributed by atoms with E-state index in [2.05, 4.69) is 5.32 Å². The Kier molecular flexibility index (Phi) is 5.48. The zero-order valence-electron chi connectivity index (χ0n) is 16.6. The standard InChI is InChI=1S/C21H23N3O5S/c1-15(19-12-16-6-2-3-7-18(16)29-19)22-20(25)14-23-13-17(8-9-21(23)26)30(27,28)24-10-4-5-11-24/h2-3,6-9,12-13,15H,4-5,10-11,14H2,1H3,(H,22,25)/t15-/m1/s1. The number of amides is 1. The molecule has 1 aliphatic heterocycles. The van der Waals surface area contributed by atoms with Crippen molar-refractivity contribution in [3.05, 3.63) is 64.8 Å². The molecule has 0 bridgehead atoms. The molecule has 9 heteroatoms. The molecule has 0 aliphatic carbocycles. The molecule has 1 fully saturated rings. The fraction of sp³-hybridized carbons (Fsp3) is 0.333. The summed E-state index contributed by atoms with van der Waals surface area (Å²) in [6.45, 7) is 2.44. The van der Waals surface area contributed by atoms with Gasteiger partial charge in [-0.15, -0.1) is 0 Å².